The van der Waals surface area contributed by atoms with Gasteiger partial charge < -0.3 is 0 Å². The molecule has 0 spiro atoms. The predicted molar refractivity (Wildman–Crippen MR) is 44.9 cm³/mol. The largest absolute Gasteiger partial charge is 0.295 e. The predicted octanol–water partition coefficient (Wildman–Crippen LogP) is 0.618. The summed E-state index contributed by atoms with van der Waals surface area (Å²) in [5.74, 6) is 0.246. The van der Waals surface area contributed by atoms with Gasteiger partial charge >= 0.3 is 0 Å². The first-order valence-electron chi connectivity index (χ1n) is 3.46. The molecule has 0 bridgehead atoms. The molecule has 1 amide bonds. The molecule has 0 radical (unpaired) electrons. The molecule has 1 atom stereocenters. The lowest BCUT2D eigenvalue weighted by molar-refractivity contribution is -0.118. The molecule has 2 N–H and O–H groups in total. The minimum atomic E-state index is -0.225. The monoisotopic (exact) mass is 188 g/mol. The van der Waals surface area contributed by atoms with Crippen molar-refractivity contribution >= 4 is 23.5 Å². The number of alkyl halides is 1. The van der Waals surface area contributed by atoms with Gasteiger partial charge in [0, 0.05) is 11.8 Å². The van der Waals surface area contributed by atoms with Crippen LogP contribution in [0.3, 0.4) is 0 Å². The Hall–Kier alpha value is -1.10. The number of amides is 1. The second kappa shape index (κ2) is 4.06. The molecule has 12 heavy (non-hydrogen) atoms. The maximum Gasteiger partial charge on any atom is 0.230 e. The fourth-order valence-corrected chi connectivity index (χ4v) is 0.716. The Kier molecular flexibility index (Phi) is 3.04. The number of nitrogens with one attached hydrogen (secondary N) is 2. The van der Waals surface area contributed by atoms with Crippen LogP contribution in [-0.4, -0.2) is 27.0 Å². The number of aromatic nitrogens is 3. The molecule has 0 saturated heterocycles. The summed E-state index contributed by atoms with van der Waals surface area (Å²) in [7, 11) is 0. The minimum Gasteiger partial charge on any atom is -0.295 e. The van der Waals surface area contributed by atoms with E-state index in [2.05, 4.69) is 20.5 Å². The molecular weight excluding hydrogens is 180 g/mol. The van der Waals surface area contributed by atoms with E-state index in [9.17, 15) is 4.79 Å². The zero-order valence-electron chi connectivity index (χ0n) is 6.54. The van der Waals surface area contributed by atoms with E-state index in [1.165, 1.54) is 6.33 Å². The number of carbonyl (C=O) groups is 1. The molecule has 0 aliphatic rings. The second-order valence-electron chi connectivity index (χ2n) is 2.38. The van der Waals surface area contributed by atoms with Gasteiger partial charge in [-0.05, 0) is 0 Å². The molecule has 1 unspecified atom stereocenters. The number of anilines is 1. The molecular formula is C6H9ClN4O. The lowest BCUT2D eigenvalue weighted by Gasteiger charge is -2.05. The summed E-state index contributed by atoms with van der Waals surface area (Å²) >= 11 is 5.48. The van der Waals surface area contributed by atoms with Crippen LogP contribution >= 0.6 is 11.6 Å². The van der Waals surface area contributed by atoms with Gasteiger partial charge in [0.05, 0.1) is 0 Å². The van der Waals surface area contributed by atoms with E-state index in [1.807, 2.05) is 0 Å². The zero-order chi connectivity index (χ0) is 8.97. The Bertz CT molecular complexity index is 248. The number of hydrogen-bond acceptors (Lipinski definition) is 3. The van der Waals surface area contributed by atoms with Crippen LogP contribution in [0.1, 0.15) is 6.92 Å². The van der Waals surface area contributed by atoms with Crippen molar-refractivity contribution in [2.75, 3.05) is 11.2 Å². The summed E-state index contributed by atoms with van der Waals surface area (Å²) in [4.78, 5) is 14.9. The van der Waals surface area contributed by atoms with Crippen LogP contribution in [0.5, 0.6) is 0 Å². The highest BCUT2D eigenvalue weighted by atomic mass is 35.5. The molecule has 1 heterocycles. The SMILES string of the molecule is CC(CCl)C(=O)Nc1ncn[nH]1. The van der Waals surface area contributed by atoms with E-state index in [0.29, 0.717) is 11.8 Å². The molecule has 6 heteroatoms. The number of hydrogen-bond donors (Lipinski definition) is 2. The van der Waals surface area contributed by atoms with Gasteiger partial charge in [-0.2, -0.15) is 10.1 Å². The van der Waals surface area contributed by atoms with Crippen molar-refractivity contribution in [2.24, 2.45) is 5.92 Å². The van der Waals surface area contributed by atoms with Gasteiger partial charge in [0.1, 0.15) is 6.33 Å². The molecule has 0 aliphatic carbocycles. The van der Waals surface area contributed by atoms with Gasteiger partial charge in [-0.15, -0.1) is 11.6 Å². The van der Waals surface area contributed by atoms with Gasteiger partial charge in [-0.3, -0.25) is 10.1 Å². The smallest absolute Gasteiger partial charge is 0.230 e. The summed E-state index contributed by atoms with van der Waals surface area (Å²) in [5, 5.41) is 8.61. The lowest BCUT2D eigenvalue weighted by Crippen LogP contribution is -2.22. The van der Waals surface area contributed by atoms with Crippen molar-refractivity contribution < 1.29 is 4.79 Å². The average Bonchev–Trinajstić information content (AvgIpc) is 2.55. The van der Waals surface area contributed by atoms with Crippen molar-refractivity contribution in [1.29, 1.82) is 0 Å². The third-order valence-electron chi connectivity index (χ3n) is 1.34. The van der Waals surface area contributed by atoms with Crippen molar-refractivity contribution in [3.05, 3.63) is 6.33 Å². The Morgan fingerprint density at radius 3 is 3.17 bits per heavy atom. The number of carbonyl (C=O) groups excluding carboxylic acids is 1. The number of halogens is 1. The van der Waals surface area contributed by atoms with Crippen LogP contribution in [0.2, 0.25) is 0 Å². The zero-order valence-corrected chi connectivity index (χ0v) is 7.30. The van der Waals surface area contributed by atoms with Crippen LogP contribution in [0.4, 0.5) is 5.95 Å². The molecule has 0 aromatic carbocycles. The van der Waals surface area contributed by atoms with Crippen molar-refractivity contribution in [3.8, 4) is 0 Å². The van der Waals surface area contributed by atoms with Gasteiger partial charge in [-0.25, -0.2) is 5.10 Å². The van der Waals surface area contributed by atoms with E-state index < -0.39 is 0 Å². The summed E-state index contributed by atoms with van der Waals surface area (Å²) < 4.78 is 0. The Labute approximate surface area is 74.5 Å². The first-order valence-corrected chi connectivity index (χ1v) is 3.99. The molecule has 1 aromatic rings. The number of aromatic amines is 1. The van der Waals surface area contributed by atoms with Gasteiger partial charge in [0.25, 0.3) is 0 Å². The Morgan fingerprint density at radius 2 is 2.67 bits per heavy atom. The standard InChI is InChI=1S/C6H9ClN4O/c1-4(2-7)5(12)10-6-8-3-9-11-6/h3-4H,2H2,1H3,(H2,8,9,10,11,12). The van der Waals surface area contributed by atoms with Gasteiger partial charge in [0.15, 0.2) is 0 Å². The lowest BCUT2D eigenvalue weighted by atomic mass is 10.2. The average molecular weight is 189 g/mol. The fourth-order valence-electron chi connectivity index (χ4n) is 0.576. The number of rotatable bonds is 3. The third kappa shape index (κ3) is 2.20. The Balaban J connectivity index is 2.47. The van der Waals surface area contributed by atoms with E-state index in [4.69, 9.17) is 11.6 Å². The van der Waals surface area contributed by atoms with Crippen molar-refractivity contribution in [1.82, 2.24) is 15.2 Å². The summed E-state index contributed by atoms with van der Waals surface area (Å²) in [6, 6.07) is 0. The summed E-state index contributed by atoms with van der Waals surface area (Å²) in [6.45, 7) is 1.73. The molecule has 0 fully saturated rings. The van der Waals surface area contributed by atoms with Gasteiger partial charge in [0.2, 0.25) is 11.9 Å². The Morgan fingerprint density at radius 1 is 1.92 bits per heavy atom. The highest BCUT2D eigenvalue weighted by Crippen LogP contribution is 2.01. The van der Waals surface area contributed by atoms with Crippen LogP contribution < -0.4 is 5.32 Å². The van der Waals surface area contributed by atoms with E-state index in [0.717, 1.165) is 0 Å². The molecule has 66 valence electrons. The van der Waals surface area contributed by atoms with Crippen LogP contribution in [0, 0.1) is 5.92 Å². The molecule has 1 aromatic heterocycles. The van der Waals surface area contributed by atoms with Crippen LogP contribution in [0.25, 0.3) is 0 Å². The maximum atomic E-state index is 11.2. The third-order valence-corrected chi connectivity index (χ3v) is 1.80. The first-order chi connectivity index (χ1) is 5.74. The molecule has 0 saturated carbocycles. The number of H-pyrrole nitrogens is 1. The fraction of sp³-hybridized carbons (Fsp3) is 0.500. The van der Waals surface area contributed by atoms with Crippen molar-refractivity contribution in [2.45, 2.75) is 6.92 Å². The van der Waals surface area contributed by atoms with E-state index in [-0.39, 0.29) is 11.8 Å². The van der Waals surface area contributed by atoms with Crippen LogP contribution in [0.15, 0.2) is 6.33 Å². The highest BCUT2D eigenvalue weighted by Gasteiger charge is 2.11. The minimum absolute atomic E-state index is 0.165. The second-order valence-corrected chi connectivity index (χ2v) is 2.69. The molecule has 5 nitrogen and oxygen atoms in total. The highest BCUT2D eigenvalue weighted by molar-refractivity contribution is 6.19. The maximum absolute atomic E-state index is 11.2. The normalized spacial score (nSPS) is 12.5. The van der Waals surface area contributed by atoms with Crippen molar-refractivity contribution in [3.63, 3.8) is 0 Å². The van der Waals surface area contributed by atoms with E-state index in [1.54, 1.807) is 6.92 Å². The summed E-state index contributed by atoms with van der Waals surface area (Å²) in [6.07, 6.45) is 1.32. The quantitative estimate of drug-likeness (QED) is 0.684. The topological polar surface area (TPSA) is 70.7 Å². The molecule has 1 rings (SSSR count). The van der Waals surface area contributed by atoms with Crippen LogP contribution in [-0.2, 0) is 4.79 Å². The van der Waals surface area contributed by atoms with Gasteiger partial charge in [-0.1, -0.05) is 6.92 Å². The number of nitrogens with zero attached hydrogens (tertiary/aromatic N) is 2. The van der Waals surface area contributed by atoms with E-state index >= 15 is 0 Å². The summed E-state index contributed by atoms with van der Waals surface area (Å²) in [5.41, 5.74) is 0. The molecule has 0 aliphatic heterocycles. The first kappa shape index (κ1) is 8.99.